The van der Waals surface area contributed by atoms with E-state index in [-0.39, 0.29) is 22.9 Å². The number of rotatable bonds is 8. The Morgan fingerprint density at radius 2 is 2.00 bits per heavy atom. The molecule has 0 radical (unpaired) electrons. The van der Waals surface area contributed by atoms with Crippen LogP contribution in [-0.2, 0) is 24.8 Å². The van der Waals surface area contributed by atoms with Crippen LogP contribution in [0, 0.1) is 6.92 Å². The summed E-state index contributed by atoms with van der Waals surface area (Å²) in [7, 11) is 1.79. The predicted molar refractivity (Wildman–Crippen MR) is 115 cm³/mol. The minimum absolute atomic E-state index is 0.123. The molecule has 3 rings (SSSR count). The van der Waals surface area contributed by atoms with Gasteiger partial charge in [0.15, 0.2) is 5.16 Å². The zero-order valence-corrected chi connectivity index (χ0v) is 17.6. The van der Waals surface area contributed by atoms with E-state index in [2.05, 4.69) is 22.1 Å². The van der Waals surface area contributed by atoms with Gasteiger partial charge in [-0.3, -0.25) is 14.3 Å². The van der Waals surface area contributed by atoms with E-state index in [4.69, 9.17) is 0 Å². The number of aromatic nitrogens is 5. The molecule has 0 saturated carbocycles. The molecule has 0 atom stereocenters. The summed E-state index contributed by atoms with van der Waals surface area (Å²) in [5, 5.41) is 11.7. The van der Waals surface area contributed by atoms with Crippen molar-refractivity contribution in [2.75, 3.05) is 11.1 Å². The molecule has 8 nitrogen and oxygen atoms in total. The van der Waals surface area contributed by atoms with E-state index in [1.807, 2.05) is 41.8 Å². The lowest BCUT2D eigenvalue weighted by atomic mass is 10.3. The number of hydrogen-bond donors (Lipinski definition) is 1. The third kappa shape index (κ3) is 4.19. The second-order valence-electron chi connectivity index (χ2n) is 6.43. The summed E-state index contributed by atoms with van der Waals surface area (Å²) in [5.41, 5.74) is 1.43. The first kappa shape index (κ1) is 20.7. The molecular weight excluding hydrogens is 388 g/mol. The molecule has 0 bridgehead atoms. The van der Waals surface area contributed by atoms with Crippen molar-refractivity contribution >= 4 is 23.4 Å². The first-order valence-corrected chi connectivity index (χ1v) is 10.3. The predicted octanol–water partition coefficient (Wildman–Crippen LogP) is 2.56. The first-order valence-electron chi connectivity index (χ1n) is 9.27. The highest BCUT2D eigenvalue weighted by Crippen LogP contribution is 2.19. The lowest BCUT2D eigenvalue weighted by Gasteiger charge is -2.07. The summed E-state index contributed by atoms with van der Waals surface area (Å²) in [4.78, 5) is 25.4. The smallest absolute Gasteiger partial charge is 0.295 e. The van der Waals surface area contributed by atoms with E-state index in [0.29, 0.717) is 17.4 Å². The third-order valence-corrected chi connectivity index (χ3v) is 5.54. The van der Waals surface area contributed by atoms with E-state index < -0.39 is 0 Å². The van der Waals surface area contributed by atoms with Crippen molar-refractivity contribution in [3.63, 3.8) is 0 Å². The molecule has 3 aromatic rings. The maximum Gasteiger partial charge on any atom is 0.295 e. The van der Waals surface area contributed by atoms with Crippen molar-refractivity contribution in [3.05, 3.63) is 64.9 Å². The van der Waals surface area contributed by atoms with Crippen LogP contribution in [0.25, 0.3) is 5.69 Å². The maximum atomic E-state index is 12.9. The van der Waals surface area contributed by atoms with Crippen LogP contribution in [0.15, 0.2) is 52.9 Å². The van der Waals surface area contributed by atoms with Crippen molar-refractivity contribution in [3.8, 4) is 5.69 Å². The lowest BCUT2D eigenvalue weighted by molar-refractivity contribution is -0.113. The van der Waals surface area contributed by atoms with Gasteiger partial charge in [-0.25, -0.2) is 4.68 Å². The average molecular weight is 413 g/mol. The highest BCUT2D eigenvalue weighted by Gasteiger charge is 2.19. The number of nitrogens with zero attached hydrogens (tertiary/aromatic N) is 5. The number of aryl methyl sites for hydroxylation is 1. The molecule has 29 heavy (non-hydrogen) atoms. The third-order valence-electron chi connectivity index (χ3n) is 4.57. The van der Waals surface area contributed by atoms with Crippen LogP contribution >= 0.6 is 11.8 Å². The number of anilines is 1. The second kappa shape index (κ2) is 8.95. The Labute approximate surface area is 173 Å². The van der Waals surface area contributed by atoms with Crippen LogP contribution in [0.5, 0.6) is 0 Å². The number of carbonyl (C=O) groups is 1. The number of amides is 1. The number of thioether (sulfide) groups is 1. The molecule has 0 spiro atoms. The van der Waals surface area contributed by atoms with Crippen molar-refractivity contribution in [2.24, 2.45) is 7.05 Å². The lowest BCUT2D eigenvalue weighted by Crippen LogP contribution is -2.23. The Balaban J connectivity index is 1.76. The fourth-order valence-electron chi connectivity index (χ4n) is 3.02. The number of benzene rings is 1. The Kier molecular flexibility index (Phi) is 6.38. The van der Waals surface area contributed by atoms with Crippen molar-refractivity contribution in [1.82, 2.24) is 24.1 Å². The molecule has 0 unspecified atom stereocenters. The van der Waals surface area contributed by atoms with Crippen molar-refractivity contribution in [1.29, 1.82) is 0 Å². The zero-order valence-electron chi connectivity index (χ0n) is 16.8. The normalized spacial score (nSPS) is 10.9. The number of nitrogens with one attached hydrogen (secondary N) is 1. The van der Waals surface area contributed by atoms with Crippen LogP contribution in [0.1, 0.15) is 18.4 Å². The summed E-state index contributed by atoms with van der Waals surface area (Å²) in [6.07, 6.45) is 2.52. The Bertz CT molecular complexity index is 1080. The molecular formula is C20H24N6O2S. The molecule has 152 valence electrons. The van der Waals surface area contributed by atoms with Crippen molar-refractivity contribution < 1.29 is 4.79 Å². The SMILES string of the molecule is C=CCn1c(CC)nnc1SCC(=O)Nc1c(C)n(C)n(-c2ccccc2)c1=O. The van der Waals surface area contributed by atoms with E-state index in [1.165, 1.54) is 16.4 Å². The Morgan fingerprint density at radius 1 is 1.28 bits per heavy atom. The fourth-order valence-corrected chi connectivity index (χ4v) is 3.78. The van der Waals surface area contributed by atoms with Gasteiger partial charge in [-0.05, 0) is 19.1 Å². The van der Waals surface area contributed by atoms with Gasteiger partial charge in [0.25, 0.3) is 5.56 Å². The quantitative estimate of drug-likeness (QED) is 0.454. The molecule has 1 amide bonds. The van der Waals surface area contributed by atoms with Gasteiger partial charge in [-0.15, -0.1) is 16.8 Å². The molecule has 2 heterocycles. The highest BCUT2D eigenvalue weighted by atomic mass is 32.2. The van der Waals surface area contributed by atoms with Crippen LogP contribution in [-0.4, -0.2) is 35.8 Å². The van der Waals surface area contributed by atoms with E-state index in [9.17, 15) is 9.59 Å². The number of para-hydroxylation sites is 1. The molecule has 0 aliphatic carbocycles. The molecule has 0 aliphatic heterocycles. The van der Waals surface area contributed by atoms with Gasteiger partial charge in [0.1, 0.15) is 11.5 Å². The van der Waals surface area contributed by atoms with Gasteiger partial charge in [0.05, 0.1) is 17.1 Å². The minimum Gasteiger partial charge on any atom is -0.319 e. The monoisotopic (exact) mass is 412 g/mol. The molecule has 0 saturated heterocycles. The van der Waals surface area contributed by atoms with Crippen LogP contribution in [0.3, 0.4) is 0 Å². The number of carbonyl (C=O) groups excluding carboxylic acids is 1. The van der Waals surface area contributed by atoms with Crippen LogP contribution in [0.4, 0.5) is 5.69 Å². The molecule has 9 heteroatoms. The van der Waals surface area contributed by atoms with Gasteiger partial charge >= 0.3 is 0 Å². The van der Waals surface area contributed by atoms with E-state index in [0.717, 1.165) is 17.9 Å². The molecule has 1 aromatic carbocycles. The summed E-state index contributed by atoms with van der Waals surface area (Å²) >= 11 is 1.28. The van der Waals surface area contributed by atoms with Gasteiger partial charge in [-0.2, -0.15) is 0 Å². The molecule has 0 aliphatic rings. The number of hydrogen-bond acceptors (Lipinski definition) is 5. The first-order chi connectivity index (χ1) is 14.0. The summed E-state index contributed by atoms with van der Waals surface area (Å²) in [6.45, 7) is 8.14. The van der Waals surface area contributed by atoms with Gasteiger partial charge in [0, 0.05) is 20.0 Å². The highest BCUT2D eigenvalue weighted by molar-refractivity contribution is 7.99. The maximum absolute atomic E-state index is 12.9. The average Bonchev–Trinajstić information content (AvgIpc) is 3.21. The second-order valence-corrected chi connectivity index (χ2v) is 7.37. The van der Waals surface area contributed by atoms with Gasteiger partial charge < -0.3 is 9.88 Å². The fraction of sp³-hybridized carbons (Fsp3) is 0.300. The standard InChI is InChI=1S/C20H24N6O2S/c1-5-12-25-16(6-2)22-23-20(25)29-13-17(27)21-18-14(3)24(4)26(19(18)28)15-10-8-7-9-11-15/h5,7-11H,1,6,12-13H2,2-4H3,(H,21,27). The topological polar surface area (TPSA) is 86.7 Å². The van der Waals surface area contributed by atoms with Crippen LogP contribution < -0.4 is 10.9 Å². The van der Waals surface area contributed by atoms with Gasteiger partial charge in [-0.1, -0.05) is 43.0 Å². The molecule has 1 N–H and O–H groups in total. The van der Waals surface area contributed by atoms with Crippen molar-refractivity contribution in [2.45, 2.75) is 32.0 Å². The largest absolute Gasteiger partial charge is 0.319 e. The van der Waals surface area contributed by atoms with E-state index in [1.54, 1.807) is 24.7 Å². The minimum atomic E-state index is -0.271. The Morgan fingerprint density at radius 3 is 2.66 bits per heavy atom. The summed E-state index contributed by atoms with van der Waals surface area (Å²) in [6, 6.07) is 9.31. The van der Waals surface area contributed by atoms with Gasteiger partial charge in [0.2, 0.25) is 5.91 Å². The summed E-state index contributed by atoms with van der Waals surface area (Å²) in [5.74, 6) is 0.697. The zero-order chi connectivity index (χ0) is 21.0. The molecule has 2 aromatic heterocycles. The Hall–Kier alpha value is -3.07. The number of allylic oxidation sites excluding steroid dienone is 1. The molecule has 0 fully saturated rings. The van der Waals surface area contributed by atoms with E-state index >= 15 is 0 Å². The summed E-state index contributed by atoms with van der Waals surface area (Å²) < 4.78 is 5.20. The van der Waals surface area contributed by atoms with Crippen LogP contribution in [0.2, 0.25) is 0 Å².